The van der Waals surface area contributed by atoms with Crippen LogP contribution < -0.4 is 4.90 Å². The van der Waals surface area contributed by atoms with E-state index in [9.17, 15) is 4.39 Å². The number of hydrogen-bond donors (Lipinski definition) is 0. The van der Waals surface area contributed by atoms with E-state index in [1.165, 1.54) is 18.9 Å². The molecule has 0 N–H and O–H groups in total. The molecule has 0 spiro atoms. The van der Waals surface area contributed by atoms with E-state index < -0.39 is 0 Å². The maximum absolute atomic E-state index is 14.0. The van der Waals surface area contributed by atoms with E-state index in [4.69, 9.17) is 16.3 Å². The highest BCUT2D eigenvalue weighted by molar-refractivity contribution is 6.33. The molecule has 3 rings (SSSR count). The molecule has 1 aromatic rings. The van der Waals surface area contributed by atoms with E-state index in [-0.39, 0.29) is 18.0 Å². The Labute approximate surface area is 112 Å². The first-order valence-electron chi connectivity index (χ1n) is 6.59. The normalized spacial score (nSPS) is 28.0. The molecule has 18 heavy (non-hydrogen) atoms. The van der Waals surface area contributed by atoms with Crippen molar-refractivity contribution in [3.63, 3.8) is 0 Å². The van der Waals surface area contributed by atoms with Crippen molar-refractivity contribution in [2.75, 3.05) is 18.1 Å². The van der Waals surface area contributed by atoms with E-state index in [1.807, 2.05) is 0 Å². The second-order valence-corrected chi connectivity index (χ2v) is 5.43. The molecule has 0 radical (unpaired) electrons. The SMILES string of the molecule is Fc1cccc(Cl)c1N1CCOC2CCCCC21. The van der Waals surface area contributed by atoms with Crippen LogP contribution in [0.3, 0.4) is 0 Å². The van der Waals surface area contributed by atoms with E-state index >= 15 is 0 Å². The predicted molar refractivity (Wildman–Crippen MR) is 70.8 cm³/mol. The Hall–Kier alpha value is -0.800. The minimum Gasteiger partial charge on any atom is -0.374 e. The maximum Gasteiger partial charge on any atom is 0.148 e. The molecule has 1 saturated heterocycles. The summed E-state index contributed by atoms with van der Waals surface area (Å²) >= 11 is 6.17. The molecular formula is C14H17ClFNO. The first kappa shape index (κ1) is 12.2. The lowest BCUT2D eigenvalue weighted by molar-refractivity contribution is -0.00890. The van der Waals surface area contributed by atoms with Gasteiger partial charge in [-0.1, -0.05) is 30.5 Å². The van der Waals surface area contributed by atoms with Crippen LogP contribution in [0.1, 0.15) is 25.7 Å². The zero-order valence-electron chi connectivity index (χ0n) is 10.2. The summed E-state index contributed by atoms with van der Waals surface area (Å²) in [6, 6.07) is 5.17. The lowest BCUT2D eigenvalue weighted by atomic mass is 9.89. The third kappa shape index (κ3) is 2.10. The number of benzene rings is 1. The summed E-state index contributed by atoms with van der Waals surface area (Å²) < 4.78 is 19.8. The molecule has 4 heteroatoms. The number of ether oxygens (including phenoxy) is 1. The molecule has 1 saturated carbocycles. The van der Waals surface area contributed by atoms with Gasteiger partial charge in [0, 0.05) is 6.54 Å². The summed E-state index contributed by atoms with van der Waals surface area (Å²) in [6.07, 6.45) is 4.78. The molecule has 1 heterocycles. The molecule has 2 atom stereocenters. The van der Waals surface area contributed by atoms with Gasteiger partial charge in [0.2, 0.25) is 0 Å². The fourth-order valence-electron chi connectivity index (χ4n) is 3.14. The van der Waals surface area contributed by atoms with Crippen LogP contribution in [0.4, 0.5) is 10.1 Å². The highest BCUT2D eigenvalue weighted by Gasteiger charge is 2.35. The Bertz CT molecular complexity index is 418. The fraction of sp³-hybridized carbons (Fsp3) is 0.571. The average Bonchev–Trinajstić information content (AvgIpc) is 2.39. The van der Waals surface area contributed by atoms with Crippen LogP contribution in [0, 0.1) is 5.82 Å². The minimum absolute atomic E-state index is 0.228. The average molecular weight is 270 g/mol. The van der Waals surface area contributed by atoms with Gasteiger partial charge in [0.15, 0.2) is 0 Å². The number of nitrogens with zero attached hydrogens (tertiary/aromatic N) is 1. The van der Waals surface area contributed by atoms with Crippen molar-refractivity contribution in [3.8, 4) is 0 Å². The molecule has 0 bridgehead atoms. The van der Waals surface area contributed by atoms with Gasteiger partial charge in [-0.05, 0) is 25.0 Å². The van der Waals surface area contributed by atoms with Crippen LogP contribution in [0.5, 0.6) is 0 Å². The third-order valence-corrected chi connectivity index (χ3v) is 4.26. The van der Waals surface area contributed by atoms with Crippen molar-refractivity contribution in [2.24, 2.45) is 0 Å². The number of fused-ring (bicyclic) bond motifs is 1. The Kier molecular flexibility index (Phi) is 3.44. The first-order chi connectivity index (χ1) is 8.77. The van der Waals surface area contributed by atoms with E-state index in [0.29, 0.717) is 17.3 Å². The van der Waals surface area contributed by atoms with Crippen molar-refractivity contribution < 1.29 is 9.13 Å². The summed E-state index contributed by atoms with van der Waals surface area (Å²) in [5.41, 5.74) is 0.555. The van der Waals surface area contributed by atoms with Crippen molar-refractivity contribution in [1.82, 2.24) is 0 Å². The van der Waals surface area contributed by atoms with Crippen LogP contribution in [0.25, 0.3) is 0 Å². The van der Waals surface area contributed by atoms with Crippen molar-refractivity contribution in [1.29, 1.82) is 0 Å². The Morgan fingerprint density at radius 3 is 2.94 bits per heavy atom. The smallest absolute Gasteiger partial charge is 0.148 e. The van der Waals surface area contributed by atoms with Gasteiger partial charge >= 0.3 is 0 Å². The monoisotopic (exact) mass is 269 g/mol. The van der Waals surface area contributed by atoms with Gasteiger partial charge in [-0.15, -0.1) is 0 Å². The number of halogens is 2. The van der Waals surface area contributed by atoms with Gasteiger partial charge in [0.25, 0.3) is 0 Å². The highest BCUT2D eigenvalue weighted by atomic mass is 35.5. The molecule has 2 nitrogen and oxygen atoms in total. The first-order valence-corrected chi connectivity index (χ1v) is 6.97. The van der Waals surface area contributed by atoms with Crippen LogP contribution >= 0.6 is 11.6 Å². The standard InChI is InChI=1S/C14H17ClFNO/c15-10-4-3-5-11(16)14(10)17-8-9-18-13-7-2-1-6-12(13)17/h3-5,12-13H,1-2,6-9H2. The Morgan fingerprint density at radius 2 is 2.11 bits per heavy atom. The zero-order chi connectivity index (χ0) is 12.5. The topological polar surface area (TPSA) is 12.5 Å². The maximum atomic E-state index is 14.0. The van der Waals surface area contributed by atoms with Gasteiger partial charge in [-0.25, -0.2) is 4.39 Å². The Balaban J connectivity index is 1.94. The molecule has 1 aliphatic carbocycles. The van der Waals surface area contributed by atoms with E-state index in [1.54, 1.807) is 12.1 Å². The lowest BCUT2D eigenvalue weighted by Crippen LogP contribution is -2.53. The van der Waals surface area contributed by atoms with Gasteiger partial charge in [0.05, 0.1) is 29.5 Å². The van der Waals surface area contributed by atoms with Crippen molar-refractivity contribution >= 4 is 17.3 Å². The summed E-state index contributed by atoms with van der Waals surface area (Å²) in [6.45, 7) is 1.38. The quantitative estimate of drug-likeness (QED) is 0.772. The second-order valence-electron chi connectivity index (χ2n) is 5.02. The summed E-state index contributed by atoms with van der Waals surface area (Å²) in [5, 5.41) is 0.501. The van der Waals surface area contributed by atoms with E-state index in [2.05, 4.69) is 4.90 Å². The number of hydrogen-bond acceptors (Lipinski definition) is 2. The second kappa shape index (κ2) is 5.06. The van der Waals surface area contributed by atoms with Gasteiger partial charge in [0.1, 0.15) is 5.82 Å². The summed E-state index contributed by atoms with van der Waals surface area (Å²) in [4.78, 5) is 2.12. The van der Waals surface area contributed by atoms with Crippen molar-refractivity contribution in [3.05, 3.63) is 29.0 Å². The molecule has 1 aromatic carbocycles. The number of morpholine rings is 1. The largest absolute Gasteiger partial charge is 0.374 e. The molecule has 98 valence electrons. The summed E-state index contributed by atoms with van der Waals surface area (Å²) in [5.74, 6) is -0.228. The van der Waals surface area contributed by atoms with Gasteiger partial charge in [-0.2, -0.15) is 0 Å². The lowest BCUT2D eigenvalue weighted by Gasteiger charge is -2.45. The molecule has 0 aromatic heterocycles. The van der Waals surface area contributed by atoms with Crippen molar-refractivity contribution in [2.45, 2.75) is 37.8 Å². The van der Waals surface area contributed by atoms with Crippen LogP contribution in [0.15, 0.2) is 18.2 Å². The van der Waals surface area contributed by atoms with Crippen LogP contribution in [-0.2, 0) is 4.74 Å². The predicted octanol–water partition coefficient (Wildman–Crippen LogP) is 3.63. The fourth-order valence-corrected chi connectivity index (χ4v) is 3.41. The number of para-hydroxylation sites is 1. The van der Waals surface area contributed by atoms with Crippen LogP contribution in [0.2, 0.25) is 5.02 Å². The number of anilines is 1. The van der Waals surface area contributed by atoms with E-state index in [0.717, 1.165) is 19.4 Å². The minimum atomic E-state index is -0.228. The highest BCUT2D eigenvalue weighted by Crippen LogP contribution is 2.36. The molecular weight excluding hydrogens is 253 g/mol. The third-order valence-electron chi connectivity index (χ3n) is 3.96. The van der Waals surface area contributed by atoms with Gasteiger partial charge in [-0.3, -0.25) is 0 Å². The molecule has 2 unspecified atom stereocenters. The molecule has 0 amide bonds. The molecule has 1 aliphatic heterocycles. The Morgan fingerprint density at radius 1 is 1.28 bits per heavy atom. The molecule has 2 fully saturated rings. The zero-order valence-corrected chi connectivity index (χ0v) is 11.0. The van der Waals surface area contributed by atoms with Crippen LogP contribution in [-0.4, -0.2) is 25.3 Å². The molecule has 2 aliphatic rings. The summed E-state index contributed by atoms with van der Waals surface area (Å²) in [7, 11) is 0. The van der Waals surface area contributed by atoms with Gasteiger partial charge < -0.3 is 9.64 Å². The number of rotatable bonds is 1.